The van der Waals surface area contributed by atoms with E-state index in [0.717, 1.165) is 11.4 Å². The van der Waals surface area contributed by atoms with E-state index in [0.29, 0.717) is 0 Å². The van der Waals surface area contributed by atoms with Crippen molar-refractivity contribution >= 4 is 11.7 Å². The Hall–Kier alpha value is -1.52. The minimum atomic E-state index is -0.289. The van der Waals surface area contributed by atoms with E-state index in [-0.39, 0.29) is 12.5 Å². The smallest absolute Gasteiger partial charge is 0.325 e. The van der Waals surface area contributed by atoms with Crippen LogP contribution >= 0.6 is 0 Å². The lowest BCUT2D eigenvalue weighted by atomic mass is 10.4. The molecular weight excluding hydrogens is 170 g/mol. The largest absolute Gasteiger partial charge is 0.468 e. The Bertz CT molecular complexity index is 306. The first kappa shape index (κ1) is 9.57. The monoisotopic (exact) mass is 183 g/mol. The average molecular weight is 183 g/mol. The zero-order valence-corrected chi connectivity index (χ0v) is 8.00. The molecule has 0 atom stereocenters. The summed E-state index contributed by atoms with van der Waals surface area (Å²) in [6.07, 6.45) is 1.68. The number of anilines is 1. The highest BCUT2D eigenvalue weighted by Crippen LogP contribution is 2.11. The maximum atomic E-state index is 10.8. The van der Waals surface area contributed by atoms with Crippen LogP contribution in [0.3, 0.4) is 0 Å². The van der Waals surface area contributed by atoms with Crippen molar-refractivity contribution in [2.75, 3.05) is 19.0 Å². The highest BCUT2D eigenvalue weighted by molar-refractivity contribution is 5.74. The maximum absolute atomic E-state index is 10.8. The number of aromatic nitrogens is 2. The van der Waals surface area contributed by atoms with Gasteiger partial charge in [0.25, 0.3) is 0 Å². The van der Waals surface area contributed by atoms with Gasteiger partial charge in [-0.1, -0.05) is 0 Å². The molecule has 5 heteroatoms. The number of nitrogens with one attached hydrogen (secondary N) is 1. The summed E-state index contributed by atoms with van der Waals surface area (Å²) in [5.74, 6) is -0.289. The van der Waals surface area contributed by atoms with Crippen LogP contribution in [0.25, 0.3) is 0 Å². The van der Waals surface area contributed by atoms with Crippen molar-refractivity contribution in [2.45, 2.75) is 6.92 Å². The molecule has 13 heavy (non-hydrogen) atoms. The molecule has 0 saturated heterocycles. The molecule has 72 valence electrons. The Morgan fingerprint density at radius 2 is 2.46 bits per heavy atom. The van der Waals surface area contributed by atoms with Gasteiger partial charge in [-0.2, -0.15) is 5.10 Å². The second-order valence-electron chi connectivity index (χ2n) is 2.70. The number of aryl methyl sites for hydroxylation is 1. The zero-order chi connectivity index (χ0) is 9.84. The van der Waals surface area contributed by atoms with Gasteiger partial charge < -0.3 is 10.1 Å². The number of hydrogen-bond donors (Lipinski definition) is 1. The zero-order valence-electron chi connectivity index (χ0n) is 8.00. The quantitative estimate of drug-likeness (QED) is 0.685. The molecule has 0 fully saturated rings. The third-order valence-electron chi connectivity index (χ3n) is 1.89. The third-order valence-corrected chi connectivity index (χ3v) is 1.89. The molecule has 0 bridgehead atoms. The van der Waals surface area contributed by atoms with E-state index >= 15 is 0 Å². The molecule has 1 aromatic heterocycles. The molecular formula is C8H13N3O2. The Kier molecular flexibility index (Phi) is 2.89. The summed E-state index contributed by atoms with van der Waals surface area (Å²) in [4.78, 5) is 10.8. The van der Waals surface area contributed by atoms with Crippen LogP contribution in [0.1, 0.15) is 5.69 Å². The molecule has 5 nitrogen and oxygen atoms in total. The van der Waals surface area contributed by atoms with Crippen molar-refractivity contribution < 1.29 is 9.53 Å². The van der Waals surface area contributed by atoms with Crippen molar-refractivity contribution in [2.24, 2.45) is 7.05 Å². The van der Waals surface area contributed by atoms with Gasteiger partial charge in [-0.05, 0) is 6.92 Å². The summed E-state index contributed by atoms with van der Waals surface area (Å²) in [6, 6.07) is 0. The van der Waals surface area contributed by atoms with Crippen LogP contribution in [0.15, 0.2) is 6.20 Å². The first-order chi connectivity index (χ1) is 6.15. The Labute approximate surface area is 76.7 Å². The highest BCUT2D eigenvalue weighted by Gasteiger charge is 2.04. The first-order valence-electron chi connectivity index (χ1n) is 3.94. The van der Waals surface area contributed by atoms with Crippen LogP contribution in [0, 0.1) is 6.92 Å². The van der Waals surface area contributed by atoms with Gasteiger partial charge in [-0.3, -0.25) is 9.48 Å². The SMILES string of the molecule is COC(=O)CNc1cnn(C)c1C. The number of nitrogens with zero attached hydrogens (tertiary/aromatic N) is 2. The molecule has 0 aliphatic rings. The van der Waals surface area contributed by atoms with Gasteiger partial charge in [-0.25, -0.2) is 0 Å². The van der Waals surface area contributed by atoms with Crippen LogP contribution in [0.5, 0.6) is 0 Å². The van der Waals surface area contributed by atoms with Gasteiger partial charge >= 0.3 is 5.97 Å². The molecule has 0 aliphatic carbocycles. The second-order valence-corrected chi connectivity index (χ2v) is 2.70. The van der Waals surface area contributed by atoms with E-state index in [2.05, 4.69) is 15.2 Å². The predicted molar refractivity (Wildman–Crippen MR) is 48.5 cm³/mol. The molecule has 0 aliphatic heterocycles. The van der Waals surface area contributed by atoms with Gasteiger partial charge in [0, 0.05) is 7.05 Å². The van der Waals surface area contributed by atoms with Crippen molar-refractivity contribution in [3.05, 3.63) is 11.9 Å². The standard InChI is InChI=1S/C8H13N3O2/c1-6-7(4-10-11(6)2)9-5-8(12)13-3/h4,9H,5H2,1-3H3. The van der Waals surface area contributed by atoms with Crippen LogP contribution < -0.4 is 5.32 Å². The molecule has 0 unspecified atom stereocenters. The average Bonchev–Trinajstić information content (AvgIpc) is 2.44. The lowest BCUT2D eigenvalue weighted by molar-refractivity contribution is -0.138. The van der Waals surface area contributed by atoms with Crippen molar-refractivity contribution in [3.63, 3.8) is 0 Å². The fourth-order valence-electron chi connectivity index (χ4n) is 0.912. The number of methoxy groups -OCH3 is 1. The number of carbonyl (C=O) groups is 1. The lowest BCUT2D eigenvalue weighted by Gasteiger charge is -2.03. The Morgan fingerprint density at radius 1 is 1.77 bits per heavy atom. The summed E-state index contributed by atoms with van der Waals surface area (Å²) in [7, 11) is 3.21. The summed E-state index contributed by atoms with van der Waals surface area (Å²) in [5.41, 5.74) is 1.84. The third kappa shape index (κ3) is 2.21. The fourth-order valence-corrected chi connectivity index (χ4v) is 0.912. The molecule has 1 aromatic rings. The van der Waals surface area contributed by atoms with Gasteiger partial charge in [0.1, 0.15) is 6.54 Å². The van der Waals surface area contributed by atoms with E-state index in [4.69, 9.17) is 0 Å². The summed E-state index contributed by atoms with van der Waals surface area (Å²) >= 11 is 0. The molecule has 1 N–H and O–H groups in total. The van der Waals surface area contributed by atoms with Gasteiger partial charge in [-0.15, -0.1) is 0 Å². The van der Waals surface area contributed by atoms with Crippen LogP contribution in [-0.4, -0.2) is 29.4 Å². The number of ether oxygens (including phenoxy) is 1. The molecule has 1 rings (SSSR count). The van der Waals surface area contributed by atoms with E-state index in [1.54, 1.807) is 10.9 Å². The van der Waals surface area contributed by atoms with Gasteiger partial charge in [0.05, 0.1) is 24.7 Å². The summed E-state index contributed by atoms with van der Waals surface area (Å²) in [5, 5.41) is 6.95. The minimum absolute atomic E-state index is 0.170. The minimum Gasteiger partial charge on any atom is -0.468 e. The van der Waals surface area contributed by atoms with Crippen molar-refractivity contribution in [1.82, 2.24) is 9.78 Å². The molecule has 0 spiro atoms. The van der Waals surface area contributed by atoms with E-state index in [9.17, 15) is 4.79 Å². The van der Waals surface area contributed by atoms with Crippen LogP contribution in [-0.2, 0) is 16.6 Å². The first-order valence-corrected chi connectivity index (χ1v) is 3.94. The molecule has 1 heterocycles. The predicted octanol–water partition coefficient (Wildman–Crippen LogP) is 0.313. The highest BCUT2D eigenvalue weighted by atomic mass is 16.5. The van der Waals surface area contributed by atoms with E-state index in [1.807, 2.05) is 14.0 Å². The fraction of sp³-hybridized carbons (Fsp3) is 0.500. The lowest BCUT2D eigenvalue weighted by Crippen LogP contribution is -2.15. The Morgan fingerprint density at radius 3 is 2.92 bits per heavy atom. The molecule has 0 radical (unpaired) electrons. The van der Waals surface area contributed by atoms with Crippen LogP contribution in [0.2, 0.25) is 0 Å². The topological polar surface area (TPSA) is 56.1 Å². The summed E-state index contributed by atoms with van der Waals surface area (Å²) < 4.78 is 6.23. The van der Waals surface area contributed by atoms with E-state index < -0.39 is 0 Å². The van der Waals surface area contributed by atoms with Crippen molar-refractivity contribution in [1.29, 1.82) is 0 Å². The molecule has 0 amide bonds. The number of rotatable bonds is 3. The second kappa shape index (κ2) is 3.93. The van der Waals surface area contributed by atoms with E-state index in [1.165, 1.54) is 7.11 Å². The molecule has 0 aromatic carbocycles. The maximum Gasteiger partial charge on any atom is 0.325 e. The number of esters is 1. The van der Waals surface area contributed by atoms with Crippen LogP contribution in [0.4, 0.5) is 5.69 Å². The number of hydrogen-bond acceptors (Lipinski definition) is 4. The van der Waals surface area contributed by atoms with Crippen molar-refractivity contribution in [3.8, 4) is 0 Å². The van der Waals surface area contributed by atoms with Gasteiger partial charge in [0.2, 0.25) is 0 Å². The van der Waals surface area contributed by atoms with Gasteiger partial charge in [0.15, 0.2) is 0 Å². The summed E-state index contributed by atoms with van der Waals surface area (Å²) in [6.45, 7) is 2.09. The number of carbonyl (C=O) groups excluding carboxylic acids is 1. The molecule has 0 saturated carbocycles. The Balaban J connectivity index is 2.55. The normalized spacial score (nSPS) is 9.77.